The predicted molar refractivity (Wildman–Crippen MR) is 155 cm³/mol. The first kappa shape index (κ1) is 33.8. The zero-order valence-electron chi connectivity index (χ0n) is 23.8. The summed E-state index contributed by atoms with van der Waals surface area (Å²) >= 11 is 1.74. The molecule has 192 valence electrons. The van der Waals surface area contributed by atoms with Gasteiger partial charge in [-0.1, -0.05) is 64.8 Å². The van der Waals surface area contributed by atoms with E-state index in [-0.39, 0.29) is 17.0 Å². The Balaban J connectivity index is 0.000000478. The zero-order chi connectivity index (χ0) is 28.2. The molecule has 2 nitrogen and oxygen atoms in total. The topological polar surface area (TPSA) is 46.1 Å². The first-order chi connectivity index (χ1) is 16.6. The molecule has 0 atom stereocenters. The van der Waals surface area contributed by atoms with E-state index in [1.54, 1.807) is 23.3 Å². The Morgan fingerprint density at radius 1 is 0.667 bits per heavy atom. The molecule has 0 saturated carbocycles. The molecule has 0 bridgehead atoms. The van der Waals surface area contributed by atoms with Gasteiger partial charge in [-0.15, -0.1) is 92.7 Å². The Morgan fingerprint density at radius 2 is 0.889 bits per heavy atom. The number of allylic oxidation sites excluding steroid dienone is 2. The van der Waals surface area contributed by atoms with Gasteiger partial charge in [-0.3, -0.25) is 0 Å². The van der Waals surface area contributed by atoms with Gasteiger partial charge in [0.15, 0.2) is 0 Å². The first-order valence-corrected chi connectivity index (χ1v) is 18.2. The minimum Gasteiger partial charge on any atom is -0.165 e. The molecule has 4 aromatic carbocycles. The summed E-state index contributed by atoms with van der Waals surface area (Å²) in [5.74, 6) is -0.167. The fraction of sp³-hybridized carbons (Fsp3) is 0.312. The number of benzene rings is 2. The van der Waals surface area contributed by atoms with Crippen molar-refractivity contribution in [3.8, 4) is 0 Å². The molecule has 0 amide bonds. The van der Waals surface area contributed by atoms with Gasteiger partial charge < -0.3 is 10.2 Å². The third kappa shape index (κ3) is 13.2. The summed E-state index contributed by atoms with van der Waals surface area (Å²) in [5.41, 5.74) is 8.45. The van der Waals surface area contributed by atoms with Crippen LogP contribution in [0, 0.1) is 41.5 Å². The monoisotopic (exact) mass is 576 g/mol. The van der Waals surface area contributed by atoms with Crippen LogP contribution in [0.2, 0.25) is 13.1 Å². The second-order valence-corrected chi connectivity index (χ2v) is 18.9. The van der Waals surface area contributed by atoms with Gasteiger partial charge in [0.25, 0.3) is 0 Å². The molecule has 4 rings (SSSR count). The van der Waals surface area contributed by atoms with Crippen LogP contribution in [0.4, 0.5) is 0 Å². The van der Waals surface area contributed by atoms with Crippen LogP contribution in [-0.2, 0) is 23.3 Å². The molecule has 0 heterocycles. The summed E-state index contributed by atoms with van der Waals surface area (Å²) in [6.07, 6.45) is 0. The molecule has 0 aromatic heterocycles. The maximum Gasteiger partial charge on any atom is -0.0488 e. The van der Waals surface area contributed by atoms with Crippen LogP contribution in [0.1, 0.15) is 47.2 Å². The molecule has 0 unspecified atom stereocenters. The van der Waals surface area contributed by atoms with Crippen molar-refractivity contribution in [2.24, 2.45) is 0 Å². The van der Waals surface area contributed by atoms with Crippen molar-refractivity contribution in [3.05, 3.63) is 107 Å². The van der Waals surface area contributed by atoms with Gasteiger partial charge in [0, 0.05) is 0 Å². The molecule has 0 N–H and O–H groups in total. The molecule has 0 aliphatic heterocycles. The third-order valence-corrected chi connectivity index (χ3v) is 4.93. The van der Waals surface area contributed by atoms with E-state index < -0.39 is 0 Å². The summed E-state index contributed by atoms with van der Waals surface area (Å²) < 4.78 is 0. The molecule has 4 heteroatoms. The van der Waals surface area contributed by atoms with E-state index in [0.29, 0.717) is 0 Å². The number of rotatable bonds is 0. The van der Waals surface area contributed by atoms with Gasteiger partial charge in [0.05, 0.1) is 0 Å². The van der Waals surface area contributed by atoms with E-state index >= 15 is 0 Å². The minimum absolute atomic E-state index is 0.0833. The van der Waals surface area contributed by atoms with Crippen molar-refractivity contribution in [1.82, 2.24) is 0 Å². The van der Waals surface area contributed by atoms with Gasteiger partial charge in [-0.2, -0.15) is 12.1 Å². The predicted octanol–water partition coefficient (Wildman–Crippen LogP) is 7.51. The van der Waals surface area contributed by atoms with Gasteiger partial charge in [-0.05, 0) is 13.8 Å². The quantitative estimate of drug-likeness (QED) is 0.123. The average Bonchev–Trinajstić information content (AvgIpc) is 3.31. The maximum atomic E-state index is 9.33. The molecule has 0 radical (unpaired) electrons. The molecule has 0 fully saturated rings. The van der Waals surface area contributed by atoms with E-state index in [9.17, 15) is 10.2 Å². The van der Waals surface area contributed by atoms with Gasteiger partial charge in [0.1, 0.15) is 0 Å². The number of hydrogen-bond donors (Lipinski definition) is 0. The van der Waals surface area contributed by atoms with Gasteiger partial charge in [-0.25, -0.2) is 0 Å². The second-order valence-electron chi connectivity index (χ2n) is 9.52. The smallest absolute Gasteiger partial charge is 0.0488 e. The van der Waals surface area contributed by atoms with Crippen molar-refractivity contribution in [2.75, 3.05) is 0 Å². The third-order valence-electron chi connectivity index (χ3n) is 4.93. The molecule has 36 heavy (non-hydrogen) atoms. The second kappa shape index (κ2) is 16.6. The van der Waals surface area contributed by atoms with Crippen molar-refractivity contribution >= 4 is 27.0 Å². The number of fused-ring (bicyclic) bond motifs is 2. The van der Waals surface area contributed by atoms with E-state index in [4.69, 9.17) is 0 Å². The minimum atomic E-state index is -0.0833. The van der Waals surface area contributed by atoms with E-state index in [1.165, 1.54) is 68.8 Å². The fourth-order valence-corrected chi connectivity index (χ4v) is 3.47. The zero-order valence-corrected chi connectivity index (χ0v) is 27.3. The summed E-state index contributed by atoms with van der Waals surface area (Å²) in [6, 6.07) is 17.8. The van der Waals surface area contributed by atoms with Crippen molar-refractivity contribution in [2.45, 2.75) is 68.5 Å². The van der Waals surface area contributed by atoms with Crippen molar-refractivity contribution in [1.29, 1.82) is 0 Å². The van der Waals surface area contributed by atoms with Crippen LogP contribution in [0.25, 0.3) is 21.5 Å². The van der Waals surface area contributed by atoms with Crippen LogP contribution in [-0.4, -0.2) is 5.43 Å². The average molecular weight is 578 g/mol. The summed E-state index contributed by atoms with van der Waals surface area (Å²) in [4.78, 5) is 0. The van der Waals surface area contributed by atoms with E-state index in [1.807, 2.05) is 0 Å². The maximum absolute atomic E-state index is 9.33. The van der Waals surface area contributed by atoms with Crippen LogP contribution in [0.15, 0.2) is 73.2 Å². The Morgan fingerprint density at radius 3 is 1.11 bits per heavy atom. The summed E-state index contributed by atoms with van der Waals surface area (Å²) in [5, 5.41) is 24.3. The molecule has 4 aromatic rings. The van der Waals surface area contributed by atoms with Crippen LogP contribution >= 0.6 is 0 Å². The number of hydrogen-bond acceptors (Lipinski definition) is 2. The van der Waals surface area contributed by atoms with Crippen LogP contribution in [0.5, 0.6) is 0 Å². The Bertz CT molecular complexity index is 1100. The molecule has 0 aliphatic rings. The Hall–Kier alpha value is -2.16. The molecule has 0 aliphatic carbocycles. The standard InChI is InChI=1S/2C12H13.2C3H6O.C2H6Si.Zr/c2*1-8-6-11-9(2)4-5-10(3)12(11)7-8;2*1-3(2)4;1-3-2;/h2*4-7H,1-3H3;2*4H,1H2,2H3;1-2H3;/q2*-1;;;;+2/p-2. The van der Waals surface area contributed by atoms with E-state index in [0.717, 1.165) is 0 Å². The largest absolute Gasteiger partial charge is 0.165 e. The Kier molecular flexibility index (Phi) is 15.6. The summed E-state index contributed by atoms with van der Waals surface area (Å²) in [6.45, 7) is 26.4. The van der Waals surface area contributed by atoms with Gasteiger partial charge in [0.2, 0.25) is 0 Å². The van der Waals surface area contributed by atoms with Crippen molar-refractivity contribution < 1.29 is 33.5 Å². The van der Waals surface area contributed by atoms with Crippen LogP contribution in [0.3, 0.4) is 0 Å². The van der Waals surface area contributed by atoms with Crippen LogP contribution < -0.4 is 10.2 Å². The SMILES string of the molecule is C=C(C)[O-].C=C(C)[O-].C[Si](C)=[Zr+2].Cc1cc2c(C)ccc(C)c2[cH-]1.Cc1cc2c(C)ccc(C)c2[cH-]1. The van der Waals surface area contributed by atoms with Crippen molar-refractivity contribution in [3.63, 3.8) is 0 Å². The Labute approximate surface area is 234 Å². The summed E-state index contributed by atoms with van der Waals surface area (Å²) in [7, 11) is 0. The normalized spacial score (nSPS) is 9.44. The van der Waals surface area contributed by atoms with E-state index in [2.05, 4.69) is 116 Å². The number of aryl methyl sites for hydroxylation is 6. The molecule has 0 saturated heterocycles. The fourth-order valence-electron chi connectivity index (χ4n) is 3.47. The van der Waals surface area contributed by atoms with Gasteiger partial charge >= 0.3 is 41.9 Å². The molecular weight excluding hydrogens is 536 g/mol. The molecular formula is C32H42O2SiZr-2. The molecule has 0 spiro atoms. The first-order valence-electron chi connectivity index (χ1n) is 12.0.